The highest BCUT2D eigenvalue weighted by Gasteiger charge is 2.33. The molecule has 8 heteroatoms. The number of likely N-dealkylation sites (tertiary alicyclic amines) is 1. The van der Waals surface area contributed by atoms with Gasteiger partial charge in [0.05, 0.1) is 12.2 Å². The number of hydrogen-bond donors (Lipinski definition) is 0. The van der Waals surface area contributed by atoms with Crippen molar-refractivity contribution < 1.29 is 27.9 Å². The molecule has 3 aromatic rings. The van der Waals surface area contributed by atoms with E-state index in [4.69, 9.17) is 13.9 Å². The van der Waals surface area contributed by atoms with E-state index in [-0.39, 0.29) is 36.2 Å². The molecule has 3 heterocycles. The van der Waals surface area contributed by atoms with Gasteiger partial charge in [-0.25, -0.2) is 9.37 Å². The number of aryl methyl sites for hydroxylation is 1. The minimum atomic E-state index is -0.636. The summed E-state index contributed by atoms with van der Waals surface area (Å²) in [6.07, 6.45) is 0.154. The van der Waals surface area contributed by atoms with Crippen molar-refractivity contribution in [3.8, 4) is 11.5 Å². The van der Waals surface area contributed by atoms with Crippen LogP contribution in [0.1, 0.15) is 21.8 Å². The molecular formula is C22H19FN2O5. The van der Waals surface area contributed by atoms with Crippen molar-refractivity contribution in [3.63, 3.8) is 0 Å². The SMILES string of the molecule is Cc1nc2ccc(OCC3CN(C(=O)c4cc5c(cc4F)OCC(=O)C5)C3)cc2o1. The van der Waals surface area contributed by atoms with Gasteiger partial charge in [-0.1, -0.05) is 0 Å². The number of ether oxygens (including phenoxy) is 2. The van der Waals surface area contributed by atoms with Gasteiger partial charge in [0.25, 0.3) is 5.91 Å². The zero-order valence-electron chi connectivity index (χ0n) is 16.3. The predicted molar refractivity (Wildman–Crippen MR) is 104 cm³/mol. The molecule has 154 valence electrons. The normalized spacial score (nSPS) is 16.2. The minimum Gasteiger partial charge on any atom is -0.493 e. The maximum Gasteiger partial charge on any atom is 0.256 e. The molecule has 0 aliphatic carbocycles. The van der Waals surface area contributed by atoms with Crippen molar-refractivity contribution in [2.45, 2.75) is 13.3 Å². The third kappa shape index (κ3) is 3.38. The second-order valence-corrected chi connectivity index (χ2v) is 7.69. The fourth-order valence-corrected chi connectivity index (χ4v) is 3.79. The van der Waals surface area contributed by atoms with Gasteiger partial charge < -0.3 is 18.8 Å². The van der Waals surface area contributed by atoms with Crippen molar-refractivity contribution in [1.29, 1.82) is 0 Å². The summed E-state index contributed by atoms with van der Waals surface area (Å²) in [5.74, 6) is 0.651. The van der Waals surface area contributed by atoms with E-state index in [1.54, 1.807) is 17.9 Å². The Kier molecular flexibility index (Phi) is 4.42. The van der Waals surface area contributed by atoms with Gasteiger partial charge in [-0.15, -0.1) is 0 Å². The largest absolute Gasteiger partial charge is 0.493 e. The van der Waals surface area contributed by atoms with E-state index in [1.807, 2.05) is 12.1 Å². The van der Waals surface area contributed by atoms with E-state index >= 15 is 0 Å². The fourth-order valence-electron chi connectivity index (χ4n) is 3.79. The Morgan fingerprint density at radius 3 is 2.97 bits per heavy atom. The summed E-state index contributed by atoms with van der Waals surface area (Å²) in [5, 5.41) is 0. The summed E-state index contributed by atoms with van der Waals surface area (Å²) < 4.78 is 30.9. The zero-order chi connectivity index (χ0) is 20.8. The average Bonchev–Trinajstić information content (AvgIpc) is 3.05. The fraction of sp³-hybridized carbons (Fsp3) is 0.318. The Morgan fingerprint density at radius 2 is 2.13 bits per heavy atom. The van der Waals surface area contributed by atoms with E-state index in [9.17, 15) is 14.0 Å². The molecule has 0 atom stereocenters. The number of rotatable bonds is 4. The van der Waals surface area contributed by atoms with E-state index in [1.165, 1.54) is 12.1 Å². The number of aromatic nitrogens is 1. The molecule has 1 fully saturated rings. The van der Waals surface area contributed by atoms with Crippen molar-refractivity contribution in [1.82, 2.24) is 9.88 Å². The zero-order valence-corrected chi connectivity index (χ0v) is 16.3. The number of nitrogens with zero attached hydrogens (tertiary/aromatic N) is 2. The van der Waals surface area contributed by atoms with Crippen LogP contribution in [0.15, 0.2) is 34.7 Å². The van der Waals surface area contributed by atoms with Crippen molar-refractivity contribution >= 4 is 22.8 Å². The van der Waals surface area contributed by atoms with E-state index in [0.717, 1.165) is 5.52 Å². The minimum absolute atomic E-state index is 0.0300. The lowest BCUT2D eigenvalue weighted by Crippen LogP contribution is -2.52. The Hall–Kier alpha value is -3.42. The number of amides is 1. The second kappa shape index (κ2) is 7.12. The highest BCUT2D eigenvalue weighted by molar-refractivity contribution is 5.96. The third-order valence-electron chi connectivity index (χ3n) is 5.35. The predicted octanol–water partition coefficient (Wildman–Crippen LogP) is 2.93. The molecule has 2 aliphatic rings. The molecule has 2 aliphatic heterocycles. The molecule has 1 saturated heterocycles. The van der Waals surface area contributed by atoms with Crippen molar-refractivity contribution in [2.24, 2.45) is 5.92 Å². The first-order chi connectivity index (χ1) is 14.5. The molecule has 0 spiro atoms. The number of carbonyl (C=O) groups is 2. The summed E-state index contributed by atoms with van der Waals surface area (Å²) >= 11 is 0. The highest BCUT2D eigenvalue weighted by Crippen LogP contribution is 2.29. The summed E-state index contributed by atoms with van der Waals surface area (Å²) in [7, 11) is 0. The van der Waals surface area contributed by atoms with Gasteiger partial charge in [-0.2, -0.15) is 0 Å². The lowest BCUT2D eigenvalue weighted by atomic mass is 9.97. The molecule has 1 amide bonds. The molecule has 0 bridgehead atoms. The van der Waals surface area contributed by atoms with Crippen LogP contribution >= 0.6 is 0 Å². The van der Waals surface area contributed by atoms with Crippen LogP contribution < -0.4 is 9.47 Å². The lowest BCUT2D eigenvalue weighted by molar-refractivity contribution is -0.121. The quantitative estimate of drug-likeness (QED) is 0.658. The molecule has 30 heavy (non-hydrogen) atoms. The number of hydrogen-bond acceptors (Lipinski definition) is 6. The first-order valence-electron chi connectivity index (χ1n) is 9.72. The van der Waals surface area contributed by atoms with Gasteiger partial charge in [0, 0.05) is 50.0 Å². The molecule has 7 nitrogen and oxygen atoms in total. The van der Waals surface area contributed by atoms with Crippen LogP contribution in [0.4, 0.5) is 4.39 Å². The van der Waals surface area contributed by atoms with Gasteiger partial charge in [-0.3, -0.25) is 9.59 Å². The Bertz CT molecular complexity index is 1170. The molecular weight excluding hydrogens is 391 g/mol. The number of oxazole rings is 1. The van der Waals surface area contributed by atoms with Crippen LogP contribution in [0.25, 0.3) is 11.1 Å². The monoisotopic (exact) mass is 410 g/mol. The first kappa shape index (κ1) is 18.6. The summed E-state index contributed by atoms with van der Waals surface area (Å²) in [4.78, 5) is 30.1. The smallest absolute Gasteiger partial charge is 0.256 e. The van der Waals surface area contributed by atoms with E-state index < -0.39 is 5.82 Å². The Morgan fingerprint density at radius 1 is 1.30 bits per heavy atom. The molecule has 1 aromatic heterocycles. The van der Waals surface area contributed by atoms with Crippen molar-refractivity contribution in [3.05, 3.63) is 53.2 Å². The number of halogens is 1. The summed E-state index contributed by atoms with van der Waals surface area (Å²) in [6, 6.07) is 8.09. The molecule has 0 unspecified atom stereocenters. The maximum absolute atomic E-state index is 14.4. The van der Waals surface area contributed by atoms with Crippen molar-refractivity contribution in [2.75, 3.05) is 26.3 Å². The van der Waals surface area contributed by atoms with Crippen LogP contribution in [0, 0.1) is 18.7 Å². The molecule has 0 N–H and O–H groups in total. The van der Waals surface area contributed by atoms with Crippen LogP contribution in [-0.2, 0) is 11.2 Å². The molecule has 0 radical (unpaired) electrons. The summed E-state index contributed by atoms with van der Waals surface area (Å²) in [5.41, 5.74) is 1.97. The van der Waals surface area contributed by atoms with Gasteiger partial charge >= 0.3 is 0 Å². The summed E-state index contributed by atoms with van der Waals surface area (Å²) in [6.45, 7) is 3.13. The van der Waals surface area contributed by atoms with Gasteiger partial charge in [0.1, 0.15) is 29.4 Å². The number of fused-ring (bicyclic) bond motifs is 2. The molecule has 2 aromatic carbocycles. The maximum atomic E-state index is 14.4. The van der Waals surface area contributed by atoms with E-state index in [2.05, 4.69) is 4.98 Å². The van der Waals surface area contributed by atoms with Crippen LogP contribution in [-0.4, -0.2) is 47.9 Å². The average molecular weight is 410 g/mol. The number of Topliss-reactive ketones (excluding diaryl/α,β-unsaturated/α-hetero) is 1. The standard InChI is InChI=1S/C22H19FN2O5/c1-12-24-19-3-2-16(6-21(19)30-12)28-10-13-8-25(9-13)22(27)17-5-14-4-15(26)11-29-20(14)7-18(17)23/h2-3,5-7,13H,4,8-11H2,1H3. The molecule has 0 saturated carbocycles. The number of ketones is 1. The van der Waals surface area contributed by atoms with E-state index in [0.29, 0.717) is 48.2 Å². The number of carbonyl (C=O) groups excluding carboxylic acids is 2. The Labute approximate surface area is 171 Å². The highest BCUT2D eigenvalue weighted by atomic mass is 19.1. The second-order valence-electron chi connectivity index (χ2n) is 7.69. The third-order valence-corrected chi connectivity index (χ3v) is 5.35. The van der Waals surface area contributed by atoms with Crippen LogP contribution in [0.2, 0.25) is 0 Å². The Balaban J connectivity index is 1.19. The topological polar surface area (TPSA) is 81.9 Å². The van der Waals surface area contributed by atoms with Gasteiger partial charge in [0.2, 0.25) is 0 Å². The number of benzene rings is 2. The van der Waals surface area contributed by atoms with Gasteiger partial charge in [0.15, 0.2) is 17.3 Å². The van der Waals surface area contributed by atoms with Crippen LogP contribution in [0.3, 0.4) is 0 Å². The molecule has 5 rings (SSSR count). The van der Waals surface area contributed by atoms with Gasteiger partial charge in [-0.05, 0) is 18.2 Å². The lowest BCUT2D eigenvalue weighted by Gasteiger charge is -2.39. The van der Waals surface area contributed by atoms with Crippen LogP contribution in [0.5, 0.6) is 11.5 Å². The first-order valence-corrected chi connectivity index (χ1v) is 9.72.